The maximum absolute atomic E-state index is 12.2. The third kappa shape index (κ3) is 17.8. The number of rotatable bonds is 19. The summed E-state index contributed by atoms with van der Waals surface area (Å²) in [4.78, 5) is 21.2. The zero-order valence-electron chi connectivity index (χ0n) is 26.9. The number of amides is 2. The zero-order chi connectivity index (χ0) is 32.7. The molecule has 45 heavy (non-hydrogen) atoms. The van der Waals surface area contributed by atoms with Gasteiger partial charge in [0.25, 0.3) is 5.97 Å². The van der Waals surface area contributed by atoms with Crippen molar-refractivity contribution in [3.05, 3.63) is 64.7 Å². The molecular weight excluding hydrogens is 574 g/mol. The number of nitrogens with one attached hydrogen (secondary N) is 3. The summed E-state index contributed by atoms with van der Waals surface area (Å²) < 4.78 is 5.82. The van der Waals surface area contributed by atoms with Crippen LogP contribution in [0.2, 0.25) is 0 Å². The number of carbonyl (C=O) groups is 2. The SMILES string of the molecule is CC(=O)O.O=C(NCc1cccc(CCCCOCCCCCCNC[C@H](O)c2ccc(O)c(CO)c2)c1)NC1CCCCC1. The topological polar surface area (TPSA) is 160 Å². The van der Waals surface area contributed by atoms with Crippen molar-refractivity contribution in [2.45, 2.75) is 109 Å². The highest BCUT2D eigenvalue weighted by molar-refractivity contribution is 5.74. The number of aryl methyl sites for hydroxylation is 1. The number of benzene rings is 2. The first-order valence-electron chi connectivity index (χ1n) is 16.5. The second-order valence-electron chi connectivity index (χ2n) is 11.8. The number of ether oxygens (including phenoxy) is 1. The van der Waals surface area contributed by atoms with Crippen LogP contribution in [0.3, 0.4) is 0 Å². The molecule has 0 unspecified atom stereocenters. The monoisotopic (exact) mass is 629 g/mol. The first-order chi connectivity index (χ1) is 21.8. The molecule has 2 aromatic rings. The van der Waals surface area contributed by atoms with E-state index in [0.717, 1.165) is 90.0 Å². The Labute approximate surface area is 268 Å². The van der Waals surface area contributed by atoms with Crippen LogP contribution in [0.4, 0.5) is 4.79 Å². The molecule has 3 rings (SSSR count). The maximum Gasteiger partial charge on any atom is 0.315 e. The van der Waals surface area contributed by atoms with E-state index in [9.17, 15) is 20.1 Å². The zero-order valence-corrected chi connectivity index (χ0v) is 26.9. The van der Waals surface area contributed by atoms with Gasteiger partial charge in [-0.2, -0.15) is 0 Å². The highest BCUT2D eigenvalue weighted by Crippen LogP contribution is 2.22. The maximum atomic E-state index is 12.2. The molecule has 1 fully saturated rings. The van der Waals surface area contributed by atoms with E-state index in [-0.39, 0.29) is 18.4 Å². The van der Waals surface area contributed by atoms with Crippen molar-refractivity contribution in [2.24, 2.45) is 0 Å². The molecule has 1 aliphatic rings. The Bertz CT molecular complexity index is 1100. The Morgan fingerprint density at radius 1 is 0.933 bits per heavy atom. The van der Waals surface area contributed by atoms with Crippen LogP contribution in [0.1, 0.15) is 106 Å². The van der Waals surface area contributed by atoms with E-state index in [2.05, 4.69) is 40.2 Å². The van der Waals surface area contributed by atoms with Gasteiger partial charge in [0.2, 0.25) is 0 Å². The van der Waals surface area contributed by atoms with Crippen LogP contribution in [-0.2, 0) is 29.1 Å². The molecule has 1 aliphatic carbocycles. The minimum atomic E-state index is -0.833. The number of aliphatic carboxylic acids is 1. The molecule has 7 N–H and O–H groups in total. The number of carbonyl (C=O) groups excluding carboxylic acids is 1. The summed E-state index contributed by atoms with van der Waals surface area (Å²) in [5.74, 6) is -0.789. The predicted octanol–water partition coefficient (Wildman–Crippen LogP) is 5.33. The van der Waals surface area contributed by atoms with E-state index in [4.69, 9.17) is 14.6 Å². The molecular formula is C35H55N3O7. The van der Waals surface area contributed by atoms with E-state index in [0.29, 0.717) is 30.3 Å². The number of unbranched alkanes of at least 4 members (excludes halogenated alkanes) is 4. The first kappa shape index (κ1) is 38.0. The molecule has 10 nitrogen and oxygen atoms in total. The molecule has 2 amide bonds. The van der Waals surface area contributed by atoms with Gasteiger partial charge in [-0.3, -0.25) is 4.79 Å². The lowest BCUT2D eigenvalue weighted by Crippen LogP contribution is -2.42. The standard InChI is InChI=1S/C33H51N3O5.C2H4O2/c37-25-29-22-28(16-17-31(29)38)32(39)24-34-18-7-1-2-8-19-41-20-9-6-11-26-12-10-13-27(21-26)23-35-33(40)36-30-14-4-3-5-15-30;1-2(3)4/h10,12-13,16-17,21-22,30,32,34,37-39H,1-9,11,14-15,18-20,23-25H2,(H2,35,36,40);1H3,(H,3,4)/t32-;/m0./s1. The molecule has 0 aromatic heterocycles. The van der Waals surface area contributed by atoms with Gasteiger partial charge < -0.3 is 41.1 Å². The van der Waals surface area contributed by atoms with E-state index in [1.165, 1.54) is 30.9 Å². The Balaban J connectivity index is 0.00000166. The van der Waals surface area contributed by atoms with Crippen molar-refractivity contribution in [1.29, 1.82) is 0 Å². The first-order valence-corrected chi connectivity index (χ1v) is 16.5. The largest absolute Gasteiger partial charge is 0.508 e. The lowest BCUT2D eigenvalue weighted by molar-refractivity contribution is -0.134. The van der Waals surface area contributed by atoms with Crippen LogP contribution < -0.4 is 16.0 Å². The number of aromatic hydroxyl groups is 1. The van der Waals surface area contributed by atoms with Crippen LogP contribution in [0.25, 0.3) is 0 Å². The molecule has 0 bridgehead atoms. The molecule has 0 saturated heterocycles. The fraction of sp³-hybridized carbons (Fsp3) is 0.600. The van der Waals surface area contributed by atoms with Gasteiger partial charge in [-0.05, 0) is 80.3 Å². The van der Waals surface area contributed by atoms with Crippen LogP contribution in [0, 0.1) is 0 Å². The normalized spacial score (nSPS) is 13.8. The van der Waals surface area contributed by atoms with Crippen molar-refractivity contribution < 1.29 is 34.8 Å². The van der Waals surface area contributed by atoms with Gasteiger partial charge in [-0.1, -0.05) is 62.4 Å². The highest BCUT2D eigenvalue weighted by Gasteiger charge is 2.15. The third-order valence-corrected chi connectivity index (χ3v) is 7.78. The second kappa shape index (κ2) is 23.2. The quantitative estimate of drug-likeness (QED) is 0.103. The minimum Gasteiger partial charge on any atom is -0.508 e. The molecule has 2 aromatic carbocycles. The van der Waals surface area contributed by atoms with Crippen LogP contribution in [-0.4, -0.2) is 64.8 Å². The van der Waals surface area contributed by atoms with Gasteiger partial charge in [0.05, 0.1) is 12.7 Å². The Hall–Kier alpha value is -3.18. The summed E-state index contributed by atoms with van der Waals surface area (Å²) in [5, 5.41) is 46.0. The van der Waals surface area contributed by atoms with Gasteiger partial charge in [-0.25, -0.2) is 4.79 Å². The lowest BCUT2D eigenvalue weighted by atomic mass is 9.96. The smallest absolute Gasteiger partial charge is 0.315 e. The fourth-order valence-corrected chi connectivity index (χ4v) is 5.30. The molecule has 10 heteroatoms. The van der Waals surface area contributed by atoms with Gasteiger partial charge in [0, 0.05) is 44.8 Å². The van der Waals surface area contributed by atoms with Gasteiger partial charge in [0.1, 0.15) is 5.75 Å². The van der Waals surface area contributed by atoms with E-state index >= 15 is 0 Å². The Kier molecular flexibility index (Phi) is 19.6. The summed E-state index contributed by atoms with van der Waals surface area (Å²) in [5.41, 5.74) is 3.55. The number of hydrogen-bond acceptors (Lipinski definition) is 7. The number of aliphatic hydroxyl groups is 2. The minimum absolute atomic E-state index is 0.0445. The number of carboxylic acids is 1. The number of carboxylic acid groups (broad SMARTS) is 1. The molecule has 252 valence electrons. The summed E-state index contributed by atoms with van der Waals surface area (Å²) in [6.07, 6.45) is 12.7. The van der Waals surface area contributed by atoms with Gasteiger partial charge in [-0.15, -0.1) is 0 Å². The second-order valence-corrected chi connectivity index (χ2v) is 11.8. The molecule has 1 atom stereocenters. The summed E-state index contributed by atoms with van der Waals surface area (Å²) in [7, 11) is 0. The Morgan fingerprint density at radius 3 is 2.36 bits per heavy atom. The van der Waals surface area contributed by atoms with Crippen LogP contribution in [0.5, 0.6) is 5.75 Å². The average Bonchev–Trinajstić information content (AvgIpc) is 3.03. The van der Waals surface area contributed by atoms with E-state index < -0.39 is 12.1 Å². The number of phenols is 1. The molecule has 1 saturated carbocycles. The van der Waals surface area contributed by atoms with Crippen molar-refractivity contribution >= 4 is 12.0 Å². The molecule has 0 spiro atoms. The van der Waals surface area contributed by atoms with Crippen molar-refractivity contribution in [3.8, 4) is 5.75 Å². The fourth-order valence-electron chi connectivity index (χ4n) is 5.30. The Morgan fingerprint density at radius 2 is 1.62 bits per heavy atom. The van der Waals surface area contributed by atoms with Crippen molar-refractivity contribution in [3.63, 3.8) is 0 Å². The summed E-state index contributed by atoms with van der Waals surface area (Å²) in [6.45, 7) is 4.26. The van der Waals surface area contributed by atoms with Gasteiger partial charge >= 0.3 is 6.03 Å². The number of urea groups is 1. The highest BCUT2D eigenvalue weighted by atomic mass is 16.5. The molecule has 0 radical (unpaired) electrons. The van der Waals surface area contributed by atoms with Crippen molar-refractivity contribution in [1.82, 2.24) is 16.0 Å². The van der Waals surface area contributed by atoms with Crippen LogP contribution >= 0.6 is 0 Å². The average molecular weight is 630 g/mol. The predicted molar refractivity (Wildman–Crippen MR) is 176 cm³/mol. The van der Waals surface area contributed by atoms with E-state index in [1.807, 2.05) is 0 Å². The lowest BCUT2D eigenvalue weighted by Gasteiger charge is -2.22. The molecule has 0 heterocycles. The molecule has 0 aliphatic heterocycles. The van der Waals surface area contributed by atoms with Crippen LogP contribution in [0.15, 0.2) is 42.5 Å². The summed E-state index contributed by atoms with van der Waals surface area (Å²) in [6, 6.07) is 13.6. The number of hydrogen-bond donors (Lipinski definition) is 7. The number of aliphatic hydroxyl groups excluding tert-OH is 2. The third-order valence-electron chi connectivity index (χ3n) is 7.78. The van der Waals surface area contributed by atoms with E-state index in [1.54, 1.807) is 12.1 Å². The summed E-state index contributed by atoms with van der Waals surface area (Å²) >= 11 is 0. The van der Waals surface area contributed by atoms with Gasteiger partial charge in [0.15, 0.2) is 0 Å². The van der Waals surface area contributed by atoms with Crippen molar-refractivity contribution in [2.75, 3.05) is 26.3 Å².